The summed E-state index contributed by atoms with van der Waals surface area (Å²) < 4.78 is 5.31. The van der Waals surface area contributed by atoms with Crippen molar-refractivity contribution in [3.8, 4) is 0 Å². The number of fused-ring (bicyclic) bond motifs is 1. The van der Waals surface area contributed by atoms with Crippen LogP contribution < -0.4 is 10.9 Å². The minimum absolute atomic E-state index is 0.169. The molecule has 11 nitrogen and oxygen atoms in total. The van der Waals surface area contributed by atoms with Gasteiger partial charge in [0, 0.05) is 35.9 Å². The number of aromatic amines is 1. The number of carbonyl (C=O) groups excluding carboxylic acids is 3. The molecule has 0 bridgehead atoms. The van der Waals surface area contributed by atoms with Crippen LogP contribution in [0.1, 0.15) is 60.2 Å². The van der Waals surface area contributed by atoms with Crippen molar-refractivity contribution in [2.75, 3.05) is 13.1 Å². The molecule has 0 aliphatic carbocycles. The molecular weight excluding hydrogens is 500 g/mol. The van der Waals surface area contributed by atoms with E-state index < -0.39 is 34.5 Å². The van der Waals surface area contributed by atoms with Gasteiger partial charge < -0.3 is 14.6 Å². The Bertz CT molecular complexity index is 1400. The van der Waals surface area contributed by atoms with E-state index in [1.807, 2.05) is 0 Å². The second-order valence-corrected chi connectivity index (χ2v) is 10.0. The molecule has 0 saturated carbocycles. The van der Waals surface area contributed by atoms with Crippen LogP contribution in [0.3, 0.4) is 0 Å². The molecule has 4 rings (SSSR count). The summed E-state index contributed by atoms with van der Waals surface area (Å²) in [5.74, 6) is -1.39. The van der Waals surface area contributed by atoms with Crippen LogP contribution in [0.15, 0.2) is 41.6 Å². The Hall–Kier alpha value is -3.99. The Morgan fingerprint density at radius 2 is 1.92 bits per heavy atom. The van der Waals surface area contributed by atoms with E-state index in [1.54, 1.807) is 25.7 Å². The highest BCUT2D eigenvalue weighted by Crippen LogP contribution is 2.21. The second-order valence-electron chi connectivity index (χ2n) is 9.60. The van der Waals surface area contributed by atoms with Gasteiger partial charge in [-0.05, 0) is 51.8 Å². The van der Waals surface area contributed by atoms with Crippen LogP contribution >= 0.6 is 11.6 Å². The lowest BCUT2D eigenvalue weighted by atomic mass is 10.1. The second kappa shape index (κ2) is 10.6. The fourth-order valence-corrected chi connectivity index (χ4v) is 4.16. The summed E-state index contributed by atoms with van der Waals surface area (Å²) in [6.07, 6.45) is 5.03. The molecule has 2 N–H and O–H groups in total. The SMILES string of the molecule is CC(C)(C)OC(=O)NN(Cc1cnccn1)C(=O)c1c(C(=O)N2CCCC2)[nH]c2cc(Cl)ccc2c1=O. The third kappa shape index (κ3) is 6.05. The van der Waals surface area contributed by atoms with Crippen LogP contribution in [-0.2, 0) is 11.3 Å². The zero-order valence-corrected chi connectivity index (χ0v) is 21.5. The maximum atomic E-state index is 13.9. The summed E-state index contributed by atoms with van der Waals surface area (Å²) in [5, 5.41) is 1.42. The van der Waals surface area contributed by atoms with E-state index in [0.29, 0.717) is 29.3 Å². The maximum Gasteiger partial charge on any atom is 0.426 e. The molecule has 1 fully saturated rings. The quantitative estimate of drug-likeness (QED) is 0.497. The monoisotopic (exact) mass is 526 g/mol. The Morgan fingerprint density at radius 1 is 1.19 bits per heavy atom. The number of benzene rings is 1. The van der Waals surface area contributed by atoms with Crippen LogP contribution in [0.5, 0.6) is 0 Å². The number of nitrogens with one attached hydrogen (secondary N) is 2. The van der Waals surface area contributed by atoms with Gasteiger partial charge in [-0.25, -0.2) is 15.2 Å². The first-order valence-electron chi connectivity index (χ1n) is 11.7. The minimum Gasteiger partial charge on any atom is -0.443 e. The molecule has 0 spiro atoms. The van der Waals surface area contributed by atoms with Gasteiger partial charge in [0.1, 0.15) is 16.9 Å². The van der Waals surface area contributed by atoms with Crippen molar-refractivity contribution in [1.29, 1.82) is 0 Å². The molecule has 1 aromatic carbocycles. The molecule has 37 heavy (non-hydrogen) atoms. The van der Waals surface area contributed by atoms with Crippen molar-refractivity contribution in [2.24, 2.45) is 0 Å². The zero-order valence-electron chi connectivity index (χ0n) is 20.7. The van der Waals surface area contributed by atoms with E-state index in [4.69, 9.17) is 16.3 Å². The van der Waals surface area contributed by atoms with Crippen LogP contribution in [0, 0.1) is 0 Å². The van der Waals surface area contributed by atoms with Crippen LogP contribution in [-0.4, -0.2) is 61.5 Å². The lowest BCUT2D eigenvalue weighted by Gasteiger charge is -2.26. The van der Waals surface area contributed by atoms with E-state index in [-0.39, 0.29) is 17.6 Å². The van der Waals surface area contributed by atoms with Crippen molar-refractivity contribution < 1.29 is 19.1 Å². The summed E-state index contributed by atoms with van der Waals surface area (Å²) in [4.78, 5) is 66.3. The molecule has 1 saturated heterocycles. The molecule has 3 amide bonds. The number of amides is 3. The van der Waals surface area contributed by atoms with E-state index in [2.05, 4.69) is 20.4 Å². The highest BCUT2D eigenvalue weighted by molar-refractivity contribution is 6.31. The van der Waals surface area contributed by atoms with Crippen LogP contribution in [0.2, 0.25) is 5.02 Å². The molecular formula is C25H27ClN6O5. The Labute approximate surface area is 217 Å². The Morgan fingerprint density at radius 3 is 2.57 bits per heavy atom. The van der Waals surface area contributed by atoms with Gasteiger partial charge in [-0.2, -0.15) is 0 Å². The molecule has 0 radical (unpaired) electrons. The van der Waals surface area contributed by atoms with Gasteiger partial charge in [-0.1, -0.05) is 11.6 Å². The highest BCUT2D eigenvalue weighted by atomic mass is 35.5. The zero-order chi connectivity index (χ0) is 26.7. The average Bonchev–Trinajstić information content (AvgIpc) is 3.37. The molecule has 194 valence electrons. The van der Waals surface area contributed by atoms with Gasteiger partial charge in [0.05, 0.1) is 24.0 Å². The maximum absolute atomic E-state index is 13.9. The summed E-state index contributed by atoms with van der Waals surface area (Å²) >= 11 is 6.12. The van der Waals surface area contributed by atoms with Gasteiger partial charge >= 0.3 is 6.09 Å². The summed E-state index contributed by atoms with van der Waals surface area (Å²) in [6.45, 7) is 5.79. The lowest BCUT2D eigenvalue weighted by Crippen LogP contribution is -2.49. The van der Waals surface area contributed by atoms with E-state index in [0.717, 1.165) is 17.9 Å². The third-order valence-corrected chi connectivity index (χ3v) is 5.83. The van der Waals surface area contributed by atoms with E-state index in [1.165, 1.54) is 36.8 Å². The van der Waals surface area contributed by atoms with Gasteiger partial charge in [-0.3, -0.25) is 24.4 Å². The van der Waals surface area contributed by atoms with Gasteiger partial charge in [0.2, 0.25) is 5.43 Å². The Kier molecular flexibility index (Phi) is 7.44. The number of hydrazine groups is 1. The average molecular weight is 527 g/mol. The smallest absolute Gasteiger partial charge is 0.426 e. The molecule has 12 heteroatoms. The number of H-pyrrole nitrogens is 1. The number of nitrogens with zero attached hydrogens (tertiary/aromatic N) is 4. The van der Waals surface area contributed by atoms with Crippen molar-refractivity contribution >= 4 is 40.4 Å². The summed E-state index contributed by atoms with van der Waals surface area (Å²) in [6, 6.07) is 4.51. The van der Waals surface area contributed by atoms with Gasteiger partial charge in [0.15, 0.2) is 0 Å². The standard InChI is InChI=1S/C25H27ClN6O5/c1-25(2,3)37-24(36)30-32(14-16-13-27-8-9-28-16)22(34)19-20(23(35)31-10-4-5-11-31)29-18-12-15(26)6-7-17(18)21(19)33/h6-9,12-13H,4-5,10-11,14H2,1-3H3,(H,29,33)(H,30,36). The number of halogens is 1. The Balaban J connectivity index is 1.82. The number of rotatable bonds is 4. The molecule has 1 aliphatic rings. The van der Waals surface area contributed by atoms with Crippen molar-refractivity contribution in [1.82, 2.24) is 30.3 Å². The first-order chi connectivity index (χ1) is 17.5. The number of hydrogen-bond acceptors (Lipinski definition) is 7. The largest absolute Gasteiger partial charge is 0.443 e. The fraction of sp³-hybridized carbons (Fsp3) is 0.360. The number of hydrogen-bond donors (Lipinski definition) is 2. The number of aromatic nitrogens is 3. The molecule has 1 aliphatic heterocycles. The number of carbonyl (C=O) groups is 3. The van der Waals surface area contributed by atoms with E-state index in [9.17, 15) is 19.2 Å². The number of ether oxygens (including phenoxy) is 1. The number of likely N-dealkylation sites (tertiary alicyclic amines) is 1. The fourth-order valence-electron chi connectivity index (χ4n) is 3.99. The lowest BCUT2D eigenvalue weighted by molar-refractivity contribution is 0.0278. The highest BCUT2D eigenvalue weighted by Gasteiger charge is 2.32. The summed E-state index contributed by atoms with van der Waals surface area (Å²) in [5.41, 5.74) is 0.942. The van der Waals surface area contributed by atoms with Gasteiger partial charge in [0.25, 0.3) is 11.8 Å². The van der Waals surface area contributed by atoms with E-state index >= 15 is 0 Å². The molecule has 3 aromatic rings. The topological polar surface area (TPSA) is 138 Å². The molecule has 2 aromatic heterocycles. The predicted octanol–water partition coefficient (Wildman–Crippen LogP) is 3.29. The first-order valence-corrected chi connectivity index (χ1v) is 12.1. The normalized spacial score (nSPS) is 13.5. The third-order valence-electron chi connectivity index (χ3n) is 5.59. The van der Waals surface area contributed by atoms with Crippen molar-refractivity contribution in [2.45, 2.75) is 45.8 Å². The molecule has 0 unspecified atom stereocenters. The van der Waals surface area contributed by atoms with Crippen LogP contribution in [0.4, 0.5) is 4.79 Å². The predicted molar refractivity (Wildman–Crippen MR) is 136 cm³/mol. The first kappa shape index (κ1) is 26.1. The molecule has 0 atom stereocenters. The van der Waals surface area contributed by atoms with Crippen LogP contribution in [0.25, 0.3) is 10.9 Å². The van der Waals surface area contributed by atoms with Crippen molar-refractivity contribution in [3.05, 3.63) is 69.0 Å². The minimum atomic E-state index is -0.916. The van der Waals surface area contributed by atoms with Crippen molar-refractivity contribution in [3.63, 3.8) is 0 Å². The summed E-state index contributed by atoms with van der Waals surface area (Å²) in [7, 11) is 0. The number of pyridine rings is 1. The van der Waals surface area contributed by atoms with Gasteiger partial charge in [-0.15, -0.1) is 0 Å². The molecule has 3 heterocycles.